The van der Waals surface area contributed by atoms with Gasteiger partial charge >= 0.3 is 17.8 Å². The average molecular weight is 544 g/mol. The van der Waals surface area contributed by atoms with E-state index in [2.05, 4.69) is 9.97 Å². The van der Waals surface area contributed by atoms with Gasteiger partial charge in [-0.1, -0.05) is 26.0 Å². The van der Waals surface area contributed by atoms with Gasteiger partial charge in [-0.25, -0.2) is 4.79 Å². The lowest BCUT2D eigenvalue weighted by molar-refractivity contribution is -0.177. The van der Waals surface area contributed by atoms with Gasteiger partial charge in [-0.2, -0.15) is 13.8 Å². The summed E-state index contributed by atoms with van der Waals surface area (Å²) in [4.78, 5) is 35.7. The minimum Gasteiger partial charge on any atom is -0.432 e. The Morgan fingerprint density at radius 1 is 1.03 bits per heavy atom. The smallest absolute Gasteiger partial charge is 0.397 e. The third kappa shape index (κ3) is 6.17. The summed E-state index contributed by atoms with van der Waals surface area (Å²) in [6.45, 7) is 5.35. The third-order valence-electron chi connectivity index (χ3n) is 6.07. The number of fused-ring (bicyclic) bond motifs is 1. The van der Waals surface area contributed by atoms with Crippen molar-refractivity contribution in [2.24, 2.45) is 0 Å². The summed E-state index contributed by atoms with van der Waals surface area (Å²) >= 11 is 0. The molecule has 4 rings (SSSR count). The van der Waals surface area contributed by atoms with Gasteiger partial charge in [0.05, 0.1) is 6.54 Å². The first-order valence-electron chi connectivity index (χ1n) is 12.8. The standard InChI is InChI=1S/C27H31F2N5O5/c1-4-12-32-23-22(24(36)33(26(32)37)13-7-14-35)34(17-19-11-10-18(3)30-16-19)25(31-23)38-20-8-6-9-21(15-20)39-27(28,29)5-2/h6,8-11,15-16,35H,4-5,7,12-14,17H2,1-3H3. The van der Waals surface area contributed by atoms with Crippen molar-refractivity contribution in [2.45, 2.75) is 65.8 Å². The van der Waals surface area contributed by atoms with Crippen LogP contribution < -0.4 is 20.7 Å². The normalized spacial score (nSPS) is 11.7. The number of hydrogen-bond acceptors (Lipinski definition) is 7. The number of aliphatic hydroxyl groups is 1. The number of aryl methyl sites for hydroxylation is 2. The molecule has 0 bridgehead atoms. The summed E-state index contributed by atoms with van der Waals surface area (Å²) in [7, 11) is 0. The van der Waals surface area contributed by atoms with Gasteiger partial charge in [-0.15, -0.1) is 0 Å². The minimum absolute atomic E-state index is 0.00811. The zero-order chi connectivity index (χ0) is 28.2. The van der Waals surface area contributed by atoms with Crippen LogP contribution in [0.3, 0.4) is 0 Å². The van der Waals surface area contributed by atoms with Crippen molar-refractivity contribution in [3.8, 4) is 17.5 Å². The Morgan fingerprint density at radius 3 is 2.46 bits per heavy atom. The fraction of sp³-hybridized carbons (Fsp3) is 0.407. The van der Waals surface area contributed by atoms with Crippen LogP contribution in [0.5, 0.6) is 17.5 Å². The van der Waals surface area contributed by atoms with E-state index in [4.69, 9.17) is 9.47 Å². The third-order valence-corrected chi connectivity index (χ3v) is 6.07. The Labute approximate surface area is 223 Å². The fourth-order valence-corrected chi connectivity index (χ4v) is 4.07. The Bertz CT molecular complexity index is 1560. The second kappa shape index (κ2) is 11.8. The topological polar surface area (TPSA) is 113 Å². The lowest BCUT2D eigenvalue weighted by atomic mass is 10.2. The summed E-state index contributed by atoms with van der Waals surface area (Å²) in [6, 6.07) is 9.41. The molecular formula is C27H31F2N5O5. The molecule has 0 radical (unpaired) electrons. The van der Waals surface area contributed by atoms with Gasteiger partial charge in [0.2, 0.25) is 0 Å². The van der Waals surface area contributed by atoms with Crippen LogP contribution in [0, 0.1) is 6.92 Å². The van der Waals surface area contributed by atoms with Gasteiger partial charge in [0.15, 0.2) is 11.2 Å². The number of alkyl halides is 2. The van der Waals surface area contributed by atoms with E-state index in [0.717, 1.165) is 15.8 Å². The molecule has 0 aliphatic rings. The first-order chi connectivity index (χ1) is 18.7. The monoisotopic (exact) mass is 543 g/mol. The molecule has 0 amide bonds. The molecule has 208 valence electrons. The summed E-state index contributed by atoms with van der Waals surface area (Å²) in [5, 5.41) is 9.32. The summed E-state index contributed by atoms with van der Waals surface area (Å²) in [5.74, 6) is 0.0574. The number of aliphatic hydroxyl groups excluding tert-OH is 1. The fourth-order valence-electron chi connectivity index (χ4n) is 4.07. The van der Waals surface area contributed by atoms with Crippen LogP contribution in [0.15, 0.2) is 52.2 Å². The second-order valence-corrected chi connectivity index (χ2v) is 9.10. The van der Waals surface area contributed by atoms with Crippen LogP contribution in [0.1, 0.15) is 44.4 Å². The second-order valence-electron chi connectivity index (χ2n) is 9.10. The van der Waals surface area contributed by atoms with Gasteiger partial charge in [-0.05, 0) is 43.5 Å². The van der Waals surface area contributed by atoms with E-state index in [0.29, 0.717) is 13.0 Å². The van der Waals surface area contributed by atoms with Crippen molar-refractivity contribution in [1.29, 1.82) is 0 Å². The van der Waals surface area contributed by atoms with Gasteiger partial charge in [0.25, 0.3) is 5.56 Å². The Balaban J connectivity index is 1.90. The number of imidazole rings is 1. The summed E-state index contributed by atoms with van der Waals surface area (Å²) < 4.78 is 42.5. The van der Waals surface area contributed by atoms with E-state index < -0.39 is 23.8 Å². The Morgan fingerprint density at radius 2 is 1.79 bits per heavy atom. The maximum atomic E-state index is 13.8. The van der Waals surface area contributed by atoms with E-state index in [1.807, 2.05) is 26.0 Å². The molecule has 4 aromatic rings. The maximum Gasteiger partial charge on any atom is 0.397 e. The van der Waals surface area contributed by atoms with Gasteiger partial charge in [0.1, 0.15) is 11.5 Å². The number of ether oxygens (including phenoxy) is 2. The molecule has 0 saturated carbocycles. The van der Waals surface area contributed by atoms with Crippen molar-refractivity contribution in [1.82, 2.24) is 23.7 Å². The van der Waals surface area contributed by atoms with Crippen LogP contribution in [-0.2, 0) is 19.6 Å². The van der Waals surface area contributed by atoms with Crippen molar-refractivity contribution in [3.05, 3.63) is 74.7 Å². The maximum absolute atomic E-state index is 13.8. The Hall–Kier alpha value is -4.06. The van der Waals surface area contributed by atoms with Crippen molar-refractivity contribution < 1.29 is 23.4 Å². The van der Waals surface area contributed by atoms with Crippen molar-refractivity contribution in [3.63, 3.8) is 0 Å². The molecule has 10 nitrogen and oxygen atoms in total. The number of benzene rings is 1. The minimum atomic E-state index is -3.35. The van der Waals surface area contributed by atoms with Crippen LogP contribution in [0.25, 0.3) is 11.2 Å². The molecule has 0 aliphatic heterocycles. The van der Waals surface area contributed by atoms with E-state index in [1.165, 1.54) is 29.7 Å². The largest absolute Gasteiger partial charge is 0.432 e. The zero-order valence-electron chi connectivity index (χ0n) is 22.1. The highest BCUT2D eigenvalue weighted by atomic mass is 19.3. The number of hydrogen-bond donors (Lipinski definition) is 1. The first-order valence-corrected chi connectivity index (χ1v) is 12.8. The van der Waals surface area contributed by atoms with Gasteiger partial charge < -0.3 is 14.6 Å². The van der Waals surface area contributed by atoms with E-state index >= 15 is 0 Å². The highest BCUT2D eigenvalue weighted by Crippen LogP contribution is 2.30. The molecule has 0 spiro atoms. The predicted molar refractivity (Wildman–Crippen MR) is 141 cm³/mol. The Kier molecular flexibility index (Phi) is 8.44. The average Bonchev–Trinajstić information content (AvgIpc) is 3.25. The lowest BCUT2D eigenvalue weighted by Crippen LogP contribution is -2.41. The molecule has 39 heavy (non-hydrogen) atoms. The lowest BCUT2D eigenvalue weighted by Gasteiger charge is -2.16. The molecule has 1 N–H and O–H groups in total. The predicted octanol–water partition coefficient (Wildman–Crippen LogP) is 4.08. The molecule has 0 unspecified atom stereocenters. The highest BCUT2D eigenvalue weighted by molar-refractivity contribution is 5.72. The first kappa shape index (κ1) is 28.0. The van der Waals surface area contributed by atoms with Gasteiger partial charge in [0, 0.05) is 44.1 Å². The molecule has 0 aliphatic carbocycles. The van der Waals surface area contributed by atoms with E-state index in [-0.39, 0.29) is 54.8 Å². The van der Waals surface area contributed by atoms with Crippen LogP contribution in [0.2, 0.25) is 0 Å². The highest BCUT2D eigenvalue weighted by Gasteiger charge is 2.29. The SMILES string of the molecule is CCCn1c(=O)n(CCCO)c(=O)c2c1nc(Oc1cccc(OC(F)(F)CC)c1)n2Cc1ccc(C)nc1. The van der Waals surface area contributed by atoms with Crippen LogP contribution in [0.4, 0.5) is 8.78 Å². The van der Waals surface area contributed by atoms with E-state index in [1.54, 1.807) is 16.8 Å². The zero-order valence-corrected chi connectivity index (χ0v) is 22.1. The summed E-state index contributed by atoms with van der Waals surface area (Å²) in [5.41, 5.74) is 0.744. The quantitative estimate of drug-likeness (QED) is 0.287. The number of aromatic nitrogens is 5. The van der Waals surface area contributed by atoms with Crippen molar-refractivity contribution >= 4 is 11.2 Å². The van der Waals surface area contributed by atoms with Gasteiger partial charge in [-0.3, -0.25) is 23.5 Å². The number of pyridine rings is 1. The molecule has 1 aromatic carbocycles. The molecule has 3 heterocycles. The van der Waals surface area contributed by atoms with E-state index in [9.17, 15) is 23.5 Å². The number of nitrogens with zero attached hydrogens (tertiary/aromatic N) is 5. The molecule has 3 aromatic heterocycles. The van der Waals surface area contributed by atoms with Crippen LogP contribution >= 0.6 is 0 Å². The molecular weight excluding hydrogens is 512 g/mol. The molecule has 0 atom stereocenters. The number of rotatable bonds is 12. The molecule has 0 fully saturated rings. The number of halogens is 2. The van der Waals surface area contributed by atoms with Crippen molar-refractivity contribution in [2.75, 3.05) is 6.61 Å². The molecule has 12 heteroatoms. The summed E-state index contributed by atoms with van der Waals surface area (Å²) in [6.07, 6.45) is -1.36. The van der Waals surface area contributed by atoms with Crippen LogP contribution in [-0.4, -0.2) is 41.5 Å². The molecule has 0 saturated heterocycles.